The Balaban J connectivity index is 1.52. The fourth-order valence-corrected chi connectivity index (χ4v) is 3.59. The van der Waals surface area contributed by atoms with Crippen LogP contribution < -0.4 is 0 Å². The highest BCUT2D eigenvalue weighted by molar-refractivity contribution is 5.95. The lowest BCUT2D eigenvalue weighted by Crippen LogP contribution is -2.39. The maximum absolute atomic E-state index is 12.9. The second-order valence-corrected chi connectivity index (χ2v) is 7.17. The molecule has 8 heteroatoms. The molecule has 2 aromatic carbocycles. The molecule has 1 aromatic heterocycles. The van der Waals surface area contributed by atoms with Crippen molar-refractivity contribution in [2.45, 2.75) is 25.7 Å². The Morgan fingerprint density at radius 1 is 1.24 bits per heavy atom. The van der Waals surface area contributed by atoms with Crippen molar-refractivity contribution in [1.82, 2.24) is 15.0 Å². The molecular formula is C21H20N4O4. The van der Waals surface area contributed by atoms with Crippen LogP contribution in [0.4, 0.5) is 5.69 Å². The molecule has 148 valence electrons. The summed E-state index contributed by atoms with van der Waals surface area (Å²) in [6, 6.07) is 14.2. The number of aromatic nitrogens is 2. The highest BCUT2D eigenvalue weighted by Crippen LogP contribution is 2.29. The van der Waals surface area contributed by atoms with E-state index >= 15 is 0 Å². The molecule has 1 atom stereocenters. The van der Waals surface area contributed by atoms with Gasteiger partial charge in [0.05, 0.1) is 10.8 Å². The van der Waals surface area contributed by atoms with Gasteiger partial charge in [0, 0.05) is 35.8 Å². The van der Waals surface area contributed by atoms with E-state index in [0.29, 0.717) is 35.9 Å². The zero-order valence-corrected chi connectivity index (χ0v) is 15.9. The Morgan fingerprint density at radius 2 is 2.03 bits per heavy atom. The Hall–Kier alpha value is -3.55. The van der Waals surface area contributed by atoms with Gasteiger partial charge in [-0.3, -0.25) is 14.9 Å². The third-order valence-electron chi connectivity index (χ3n) is 5.18. The van der Waals surface area contributed by atoms with Gasteiger partial charge >= 0.3 is 0 Å². The molecular weight excluding hydrogens is 372 g/mol. The molecule has 0 unspecified atom stereocenters. The number of benzene rings is 2. The van der Waals surface area contributed by atoms with Crippen LogP contribution in [-0.4, -0.2) is 39.0 Å². The van der Waals surface area contributed by atoms with E-state index in [2.05, 4.69) is 10.1 Å². The van der Waals surface area contributed by atoms with Gasteiger partial charge in [0.1, 0.15) is 0 Å². The van der Waals surface area contributed by atoms with Gasteiger partial charge in [-0.2, -0.15) is 4.98 Å². The van der Waals surface area contributed by atoms with Crippen molar-refractivity contribution in [3.05, 3.63) is 75.7 Å². The molecule has 0 aliphatic carbocycles. The van der Waals surface area contributed by atoms with Crippen LogP contribution in [0, 0.1) is 17.0 Å². The summed E-state index contributed by atoms with van der Waals surface area (Å²) in [5.41, 5.74) is 1.67. The topological polar surface area (TPSA) is 102 Å². The first-order chi connectivity index (χ1) is 14.0. The van der Waals surface area contributed by atoms with Crippen LogP contribution in [0.25, 0.3) is 11.4 Å². The van der Waals surface area contributed by atoms with E-state index in [0.717, 1.165) is 18.4 Å². The highest BCUT2D eigenvalue weighted by Gasteiger charge is 2.30. The van der Waals surface area contributed by atoms with Crippen LogP contribution in [0.2, 0.25) is 0 Å². The predicted octanol–water partition coefficient (Wildman–Crippen LogP) is 3.97. The molecule has 1 aliphatic rings. The quantitative estimate of drug-likeness (QED) is 0.492. The van der Waals surface area contributed by atoms with Gasteiger partial charge in [-0.05, 0) is 25.8 Å². The maximum Gasteiger partial charge on any atom is 0.273 e. The minimum atomic E-state index is -0.464. The Kier molecular flexibility index (Phi) is 5.07. The summed E-state index contributed by atoms with van der Waals surface area (Å²) >= 11 is 0. The molecule has 0 spiro atoms. The number of nitro groups is 1. The number of likely N-dealkylation sites (tertiary alicyclic amines) is 1. The molecule has 0 saturated carbocycles. The minimum absolute atomic E-state index is 0.0474. The average Bonchev–Trinajstić information content (AvgIpc) is 3.24. The van der Waals surface area contributed by atoms with Crippen LogP contribution in [0.3, 0.4) is 0 Å². The fraction of sp³-hybridized carbons (Fsp3) is 0.286. The van der Waals surface area contributed by atoms with Crippen LogP contribution in [0.15, 0.2) is 53.1 Å². The molecule has 8 nitrogen and oxygen atoms in total. The first-order valence-corrected chi connectivity index (χ1v) is 9.46. The second kappa shape index (κ2) is 7.83. The van der Waals surface area contributed by atoms with Crippen LogP contribution >= 0.6 is 0 Å². The van der Waals surface area contributed by atoms with E-state index in [1.54, 1.807) is 24.0 Å². The Labute approximate surface area is 167 Å². The lowest BCUT2D eigenvalue weighted by molar-refractivity contribution is -0.385. The van der Waals surface area contributed by atoms with Gasteiger partial charge in [0.25, 0.3) is 11.6 Å². The fourth-order valence-electron chi connectivity index (χ4n) is 3.59. The van der Waals surface area contributed by atoms with Crippen molar-refractivity contribution in [1.29, 1.82) is 0 Å². The molecule has 29 heavy (non-hydrogen) atoms. The third kappa shape index (κ3) is 3.87. The smallest absolute Gasteiger partial charge is 0.273 e. The molecule has 0 N–H and O–H groups in total. The molecule has 1 saturated heterocycles. The van der Waals surface area contributed by atoms with Crippen molar-refractivity contribution in [3.8, 4) is 11.4 Å². The second-order valence-electron chi connectivity index (χ2n) is 7.17. The standard InChI is InChI=1S/C21H20N4O4/c1-14-9-10-16(12-18(14)25(27)28)21(26)24-11-5-8-17(13-24)20-22-19(23-29-20)15-6-3-2-4-7-15/h2-4,6-7,9-10,12,17H,5,8,11,13H2,1H3/t17-/m0/s1. The summed E-state index contributed by atoms with van der Waals surface area (Å²) in [5.74, 6) is 0.758. The van der Waals surface area contributed by atoms with Crippen molar-refractivity contribution < 1.29 is 14.2 Å². The first-order valence-electron chi connectivity index (χ1n) is 9.46. The number of aryl methyl sites for hydroxylation is 1. The summed E-state index contributed by atoms with van der Waals surface area (Å²) in [7, 11) is 0. The van der Waals surface area contributed by atoms with Gasteiger partial charge < -0.3 is 9.42 Å². The van der Waals surface area contributed by atoms with Crippen molar-refractivity contribution >= 4 is 11.6 Å². The number of rotatable bonds is 4. The molecule has 1 amide bonds. The summed E-state index contributed by atoms with van der Waals surface area (Å²) < 4.78 is 5.47. The number of amides is 1. The molecule has 1 fully saturated rings. The average molecular weight is 392 g/mol. The van der Waals surface area contributed by atoms with Gasteiger partial charge in [-0.15, -0.1) is 0 Å². The number of nitrogens with zero attached hydrogens (tertiary/aromatic N) is 4. The van der Waals surface area contributed by atoms with E-state index in [4.69, 9.17) is 4.52 Å². The summed E-state index contributed by atoms with van der Waals surface area (Å²) in [6.07, 6.45) is 1.64. The Bertz CT molecular complexity index is 1050. The summed E-state index contributed by atoms with van der Waals surface area (Å²) in [6.45, 7) is 2.69. The summed E-state index contributed by atoms with van der Waals surface area (Å²) in [4.78, 5) is 29.9. The largest absolute Gasteiger partial charge is 0.339 e. The molecule has 0 radical (unpaired) electrons. The molecule has 1 aliphatic heterocycles. The van der Waals surface area contributed by atoms with Crippen molar-refractivity contribution in [3.63, 3.8) is 0 Å². The van der Waals surface area contributed by atoms with E-state index < -0.39 is 4.92 Å². The van der Waals surface area contributed by atoms with Gasteiger partial charge in [0.2, 0.25) is 11.7 Å². The zero-order chi connectivity index (χ0) is 20.4. The number of hydrogen-bond acceptors (Lipinski definition) is 6. The van der Waals surface area contributed by atoms with E-state index in [-0.39, 0.29) is 17.5 Å². The van der Waals surface area contributed by atoms with Crippen LogP contribution in [0.5, 0.6) is 0 Å². The van der Waals surface area contributed by atoms with Crippen molar-refractivity contribution in [2.75, 3.05) is 13.1 Å². The third-order valence-corrected chi connectivity index (χ3v) is 5.18. The number of carbonyl (C=O) groups excluding carboxylic acids is 1. The minimum Gasteiger partial charge on any atom is -0.339 e. The van der Waals surface area contributed by atoms with Gasteiger partial charge in [-0.25, -0.2) is 0 Å². The Morgan fingerprint density at radius 3 is 2.79 bits per heavy atom. The number of carbonyl (C=O) groups is 1. The lowest BCUT2D eigenvalue weighted by Gasteiger charge is -2.31. The van der Waals surface area contributed by atoms with Gasteiger partial charge in [-0.1, -0.05) is 41.6 Å². The first kappa shape index (κ1) is 18.8. The van der Waals surface area contributed by atoms with E-state index in [9.17, 15) is 14.9 Å². The van der Waals surface area contributed by atoms with Gasteiger partial charge in [0.15, 0.2) is 0 Å². The number of nitro benzene ring substituents is 1. The van der Waals surface area contributed by atoms with Crippen LogP contribution in [0.1, 0.15) is 40.6 Å². The van der Waals surface area contributed by atoms with Crippen LogP contribution in [-0.2, 0) is 0 Å². The maximum atomic E-state index is 12.9. The number of piperidine rings is 1. The lowest BCUT2D eigenvalue weighted by atomic mass is 9.97. The summed E-state index contributed by atoms with van der Waals surface area (Å²) in [5, 5.41) is 15.2. The zero-order valence-electron chi connectivity index (χ0n) is 15.9. The predicted molar refractivity (Wildman–Crippen MR) is 105 cm³/mol. The normalized spacial score (nSPS) is 16.6. The molecule has 3 aromatic rings. The molecule has 2 heterocycles. The number of hydrogen-bond donors (Lipinski definition) is 0. The van der Waals surface area contributed by atoms with Crippen molar-refractivity contribution in [2.24, 2.45) is 0 Å². The molecule has 4 rings (SSSR count). The highest BCUT2D eigenvalue weighted by atomic mass is 16.6. The van der Waals surface area contributed by atoms with E-state index in [1.165, 1.54) is 6.07 Å². The SMILES string of the molecule is Cc1ccc(C(=O)N2CCC[C@H](c3nc(-c4ccccc4)no3)C2)cc1[N+](=O)[O-]. The molecule has 0 bridgehead atoms. The monoisotopic (exact) mass is 392 g/mol. The van der Waals surface area contributed by atoms with E-state index in [1.807, 2.05) is 30.3 Å².